The van der Waals surface area contributed by atoms with E-state index in [1.807, 2.05) is 5.38 Å². The number of thiazole rings is 1. The number of aliphatic hydroxyl groups excluding tert-OH is 2. The Balaban J connectivity index is 2.41. The monoisotopic (exact) mass is 244 g/mol. The van der Waals surface area contributed by atoms with Gasteiger partial charge in [-0.1, -0.05) is 20.8 Å². The van der Waals surface area contributed by atoms with Gasteiger partial charge in [-0.05, 0) is 0 Å². The molecule has 0 aromatic carbocycles. The van der Waals surface area contributed by atoms with Crippen LogP contribution in [0.1, 0.15) is 31.5 Å². The van der Waals surface area contributed by atoms with Gasteiger partial charge in [-0.15, -0.1) is 11.3 Å². The Labute approximate surface area is 100 Å². The first-order valence-electron chi connectivity index (χ1n) is 5.38. The van der Waals surface area contributed by atoms with E-state index >= 15 is 0 Å². The molecule has 92 valence electrons. The molecule has 0 aliphatic rings. The highest BCUT2D eigenvalue weighted by molar-refractivity contribution is 7.09. The van der Waals surface area contributed by atoms with E-state index in [0.717, 1.165) is 10.7 Å². The molecule has 1 unspecified atom stereocenters. The fraction of sp³-hybridized carbons (Fsp3) is 0.727. The minimum atomic E-state index is -0.694. The SMILES string of the molecule is CC(C)(C)c1nc(CNCC(O)CO)cs1. The first kappa shape index (κ1) is 13.6. The third-order valence-corrected chi connectivity index (χ3v) is 3.41. The Bertz CT molecular complexity index is 320. The Hall–Kier alpha value is -0.490. The molecule has 1 heterocycles. The van der Waals surface area contributed by atoms with Gasteiger partial charge in [-0.2, -0.15) is 0 Å². The van der Waals surface area contributed by atoms with Crippen molar-refractivity contribution in [3.05, 3.63) is 16.1 Å². The van der Waals surface area contributed by atoms with Gasteiger partial charge >= 0.3 is 0 Å². The Kier molecular flexibility index (Phi) is 4.86. The van der Waals surface area contributed by atoms with E-state index < -0.39 is 6.10 Å². The summed E-state index contributed by atoms with van der Waals surface area (Å²) in [5, 5.41) is 24.0. The summed E-state index contributed by atoms with van der Waals surface area (Å²) in [6.45, 7) is 7.22. The number of nitrogens with one attached hydrogen (secondary N) is 1. The molecule has 16 heavy (non-hydrogen) atoms. The summed E-state index contributed by atoms with van der Waals surface area (Å²) in [6.07, 6.45) is -0.694. The van der Waals surface area contributed by atoms with E-state index in [9.17, 15) is 0 Å². The van der Waals surface area contributed by atoms with Gasteiger partial charge in [0.25, 0.3) is 0 Å². The van der Waals surface area contributed by atoms with Crippen molar-refractivity contribution in [2.45, 2.75) is 38.8 Å². The molecule has 0 saturated carbocycles. The number of rotatable bonds is 5. The van der Waals surface area contributed by atoms with Crippen molar-refractivity contribution in [3.63, 3.8) is 0 Å². The summed E-state index contributed by atoms with van der Waals surface area (Å²) in [7, 11) is 0. The summed E-state index contributed by atoms with van der Waals surface area (Å²) < 4.78 is 0. The quantitative estimate of drug-likeness (QED) is 0.719. The lowest BCUT2D eigenvalue weighted by atomic mass is 9.98. The Morgan fingerprint density at radius 1 is 1.50 bits per heavy atom. The van der Waals surface area contributed by atoms with Crippen LogP contribution in [0.5, 0.6) is 0 Å². The Morgan fingerprint density at radius 2 is 2.19 bits per heavy atom. The molecule has 1 rings (SSSR count). The molecule has 0 bridgehead atoms. The zero-order valence-corrected chi connectivity index (χ0v) is 10.8. The molecule has 0 aliphatic carbocycles. The van der Waals surface area contributed by atoms with Crippen LogP contribution in [-0.4, -0.2) is 34.5 Å². The van der Waals surface area contributed by atoms with Crippen molar-refractivity contribution in [2.75, 3.05) is 13.2 Å². The van der Waals surface area contributed by atoms with E-state index in [-0.39, 0.29) is 12.0 Å². The molecule has 3 N–H and O–H groups in total. The van der Waals surface area contributed by atoms with Crippen LogP contribution in [-0.2, 0) is 12.0 Å². The smallest absolute Gasteiger partial charge is 0.0982 e. The number of nitrogens with zero attached hydrogens (tertiary/aromatic N) is 1. The van der Waals surface area contributed by atoms with Crippen molar-refractivity contribution in [1.82, 2.24) is 10.3 Å². The van der Waals surface area contributed by atoms with Crippen molar-refractivity contribution in [1.29, 1.82) is 0 Å². The second-order valence-electron chi connectivity index (χ2n) is 4.86. The number of aliphatic hydroxyl groups is 2. The van der Waals surface area contributed by atoms with Crippen molar-refractivity contribution < 1.29 is 10.2 Å². The van der Waals surface area contributed by atoms with Crippen LogP contribution >= 0.6 is 11.3 Å². The van der Waals surface area contributed by atoms with Crippen LogP contribution in [0.25, 0.3) is 0 Å². The van der Waals surface area contributed by atoms with E-state index in [4.69, 9.17) is 10.2 Å². The average Bonchev–Trinajstić information content (AvgIpc) is 2.65. The third-order valence-electron chi connectivity index (χ3n) is 2.09. The number of hydrogen-bond acceptors (Lipinski definition) is 5. The standard InChI is InChI=1S/C11H20N2O2S/c1-11(2,3)10-13-8(7-16-10)4-12-5-9(15)6-14/h7,9,12,14-15H,4-6H2,1-3H3. The van der Waals surface area contributed by atoms with E-state index in [2.05, 4.69) is 31.1 Å². The van der Waals surface area contributed by atoms with Crippen LogP contribution in [0, 0.1) is 0 Å². The highest BCUT2D eigenvalue weighted by atomic mass is 32.1. The molecular weight excluding hydrogens is 224 g/mol. The minimum absolute atomic E-state index is 0.0908. The maximum atomic E-state index is 9.14. The summed E-state index contributed by atoms with van der Waals surface area (Å²) in [5.74, 6) is 0. The lowest BCUT2D eigenvalue weighted by Gasteiger charge is -2.13. The Morgan fingerprint density at radius 3 is 2.69 bits per heavy atom. The second kappa shape index (κ2) is 5.72. The molecule has 1 aromatic rings. The molecule has 0 amide bonds. The lowest BCUT2D eigenvalue weighted by molar-refractivity contribution is 0.0941. The largest absolute Gasteiger partial charge is 0.394 e. The second-order valence-corrected chi connectivity index (χ2v) is 5.72. The number of hydrogen-bond donors (Lipinski definition) is 3. The molecule has 0 spiro atoms. The molecule has 0 radical (unpaired) electrons. The fourth-order valence-corrected chi connectivity index (χ4v) is 2.07. The van der Waals surface area contributed by atoms with Crippen LogP contribution in [0.15, 0.2) is 5.38 Å². The third kappa shape index (κ3) is 4.17. The van der Waals surface area contributed by atoms with Crippen LogP contribution in [0.2, 0.25) is 0 Å². The molecule has 1 atom stereocenters. The summed E-state index contributed by atoms with van der Waals surface area (Å²) in [5.41, 5.74) is 1.08. The van der Waals surface area contributed by atoms with E-state index in [1.54, 1.807) is 11.3 Å². The van der Waals surface area contributed by atoms with Crippen LogP contribution in [0.3, 0.4) is 0 Å². The van der Waals surface area contributed by atoms with Gasteiger partial charge in [0.15, 0.2) is 0 Å². The molecule has 1 aromatic heterocycles. The summed E-state index contributed by atoms with van der Waals surface area (Å²) >= 11 is 1.66. The van der Waals surface area contributed by atoms with Gasteiger partial charge in [0.2, 0.25) is 0 Å². The van der Waals surface area contributed by atoms with Crippen molar-refractivity contribution in [2.24, 2.45) is 0 Å². The minimum Gasteiger partial charge on any atom is -0.394 e. The van der Waals surface area contributed by atoms with Gasteiger partial charge in [0.05, 0.1) is 23.4 Å². The highest BCUT2D eigenvalue weighted by Gasteiger charge is 2.17. The fourth-order valence-electron chi connectivity index (χ4n) is 1.16. The van der Waals surface area contributed by atoms with Gasteiger partial charge in [0, 0.05) is 23.9 Å². The van der Waals surface area contributed by atoms with Crippen molar-refractivity contribution in [3.8, 4) is 0 Å². The maximum Gasteiger partial charge on any atom is 0.0982 e. The molecule has 4 nitrogen and oxygen atoms in total. The molecule has 0 fully saturated rings. The van der Waals surface area contributed by atoms with Gasteiger partial charge in [-0.25, -0.2) is 4.98 Å². The van der Waals surface area contributed by atoms with Crippen LogP contribution in [0.4, 0.5) is 0 Å². The normalized spacial score (nSPS) is 14.1. The molecule has 0 aliphatic heterocycles. The first-order valence-corrected chi connectivity index (χ1v) is 6.26. The molecule has 0 saturated heterocycles. The zero-order valence-electron chi connectivity index (χ0n) is 10.0. The average molecular weight is 244 g/mol. The van der Waals surface area contributed by atoms with Gasteiger partial charge < -0.3 is 15.5 Å². The zero-order chi connectivity index (χ0) is 12.2. The first-order chi connectivity index (χ1) is 7.43. The molecular formula is C11H20N2O2S. The summed E-state index contributed by atoms with van der Waals surface area (Å²) in [6, 6.07) is 0. The van der Waals surface area contributed by atoms with Crippen LogP contribution < -0.4 is 5.32 Å². The molecule has 5 heteroatoms. The van der Waals surface area contributed by atoms with E-state index in [0.29, 0.717) is 13.1 Å². The highest BCUT2D eigenvalue weighted by Crippen LogP contribution is 2.25. The lowest BCUT2D eigenvalue weighted by Crippen LogP contribution is -2.29. The summed E-state index contributed by atoms with van der Waals surface area (Å²) in [4.78, 5) is 4.52. The predicted molar refractivity (Wildman–Crippen MR) is 65.6 cm³/mol. The number of aromatic nitrogens is 1. The topological polar surface area (TPSA) is 65.4 Å². The predicted octanol–water partition coefficient (Wildman–Crippen LogP) is 0.883. The van der Waals surface area contributed by atoms with Crippen molar-refractivity contribution >= 4 is 11.3 Å². The van der Waals surface area contributed by atoms with E-state index in [1.165, 1.54) is 0 Å². The van der Waals surface area contributed by atoms with Gasteiger partial charge in [0.1, 0.15) is 0 Å². The maximum absolute atomic E-state index is 9.14. The van der Waals surface area contributed by atoms with Gasteiger partial charge in [-0.3, -0.25) is 0 Å².